The van der Waals surface area contributed by atoms with Gasteiger partial charge in [-0.3, -0.25) is 0 Å². The van der Waals surface area contributed by atoms with Gasteiger partial charge < -0.3 is 5.32 Å². The number of hydrogen-bond donors (Lipinski definition) is 1. The zero-order chi connectivity index (χ0) is 7.84. The second-order valence-corrected chi connectivity index (χ2v) is 4.21. The van der Waals surface area contributed by atoms with Crippen LogP contribution < -0.4 is 5.32 Å². The van der Waals surface area contributed by atoms with Crippen molar-refractivity contribution in [3.8, 4) is 0 Å². The second-order valence-electron chi connectivity index (χ2n) is 2.56. The first-order valence-electron chi connectivity index (χ1n) is 3.50. The minimum Gasteiger partial charge on any atom is -0.384 e. The maximum atomic E-state index is 3.54. The molecule has 1 nitrogen and oxygen atoms in total. The van der Waals surface area contributed by atoms with Crippen molar-refractivity contribution in [2.24, 2.45) is 0 Å². The first kappa shape index (κ1) is 7.62. The standard InChI is InChI=1S/C8H7Br2N/c9-6-1-2-7-5(8(6)10)3-4-11-7/h1-2,11H,3-4H2. The van der Waals surface area contributed by atoms with Gasteiger partial charge in [-0.05, 0) is 56.0 Å². The van der Waals surface area contributed by atoms with Gasteiger partial charge in [-0.25, -0.2) is 0 Å². The van der Waals surface area contributed by atoms with Crippen molar-refractivity contribution in [1.82, 2.24) is 0 Å². The van der Waals surface area contributed by atoms with Gasteiger partial charge >= 0.3 is 0 Å². The largest absolute Gasteiger partial charge is 0.384 e. The van der Waals surface area contributed by atoms with Gasteiger partial charge in [-0.2, -0.15) is 0 Å². The van der Waals surface area contributed by atoms with E-state index in [2.05, 4.69) is 49.3 Å². The summed E-state index contributed by atoms with van der Waals surface area (Å²) in [5.74, 6) is 0. The van der Waals surface area contributed by atoms with Gasteiger partial charge in [0, 0.05) is 21.2 Å². The summed E-state index contributed by atoms with van der Waals surface area (Å²) in [6.45, 7) is 1.06. The highest BCUT2D eigenvalue weighted by Crippen LogP contribution is 2.34. The third kappa shape index (κ3) is 1.20. The van der Waals surface area contributed by atoms with E-state index in [0.717, 1.165) is 17.4 Å². The van der Waals surface area contributed by atoms with Crippen LogP contribution in [-0.4, -0.2) is 6.54 Å². The van der Waals surface area contributed by atoms with E-state index >= 15 is 0 Å². The number of benzene rings is 1. The smallest absolute Gasteiger partial charge is 0.0385 e. The lowest BCUT2D eigenvalue weighted by molar-refractivity contribution is 1.10. The van der Waals surface area contributed by atoms with E-state index in [0.29, 0.717) is 0 Å². The summed E-state index contributed by atoms with van der Waals surface area (Å²) in [5, 5.41) is 3.32. The molecular weight excluding hydrogens is 270 g/mol. The molecule has 0 saturated heterocycles. The van der Waals surface area contributed by atoms with Crippen molar-refractivity contribution in [3.05, 3.63) is 26.6 Å². The Bertz CT molecular complexity index is 296. The van der Waals surface area contributed by atoms with Crippen molar-refractivity contribution in [3.63, 3.8) is 0 Å². The number of anilines is 1. The summed E-state index contributed by atoms with van der Waals surface area (Å²) in [6.07, 6.45) is 1.12. The minimum atomic E-state index is 1.06. The van der Waals surface area contributed by atoms with Gasteiger partial charge in [0.05, 0.1) is 0 Å². The molecule has 0 saturated carbocycles. The Morgan fingerprint density at radius 2 is 2.09 bits per heavy atom. The molecule has 0 radical (unpaired) electrons. The SMILES string of the molecule is Brc1ccc2c(c1Br)CCN2. The van der Waals surface area contributed by atoms with E-state index in [1.807, 2.05) is 0 Å². The Kier molecular flexibility index (Phi) is 1.93. The fourth-order valence-corrected chi connectivity index (χ4v) is 2.24. The monoisotopic (exact) mass is 275 g/mol. The van der Waals surface area contributed by atoms with Crippen LogP contribution in [0.4, 0.5) is 5.69 Å². The molecule has 0 spiro atoms. The van der Waals surface area contributed by atoms with E-state index in [-0.39, 0.29) is 0 Å². The molecule has 58 valence electrons. The average Bonchev–Trinajstić information content (AvgIpc) is 2.45. The van der Waals surface area contributed by atoms with E-state index in [1.165, 1.54) is 15.7 Å². The quantitative estimate of drug-likeness (QED) is 0.768. The molecule has 1 N–H and O–H groups in total. The number of fused-ring (bicyclic) bond motifs is 1. The van der Waals surface area contributed by atoms with Crippen molar-refractivity contribution >= 4 is 37.5 Å². The first-order chi connectivity index (χ1) is 5.29. The van der Waals surface area contributed by atoms with Crippen molar-refractivity contribution in [2.75, 3.05) is 11.9 Å². The van der Waals surface area contributed by atoms with Gasteiger partial charge in [0.15, 0.2) is 0 Å². The maximum Gasteiger partial charge on any atom is 0.0385 e. The summed E-state index contributed by atoms with van der Waals surface area (Å²) in [4.78, 5) is 0. The van der Waals surface area contributed by atoms with Gasteiger partial charge in [0.25, 0.3) is 0 Å². The number of hydrogen-bond acceptors (Lipinski definition) is 1. The van der Waals surface area contributed by atoms with Crippen LogP contribution in [0.2, 0.25) is 0 Å². The Morgan fingerprint density at radius 1 is 1.27 bits per heavy atom. The van der Waals surface area contributed by atoms with Crippen LogP contribution in [0.5, 0.6) is 0 Å². The normalized spacial score (nSPS) is 14.4. The molecular formula is C8H7Br2N. The Morgan fingerprint density at radius 3 is 2.91 bits per heavy atom. The van der Waals surface area contributed by atoms with Crippen LogP contribution in [0.25, 0.3) is 0 Å². The van der Waals surface area contributed by atoms with E-state index in [1.54, 1.807) is 0 Å². The predicted octanol–water partition coefficient (Wildman–Crippen LogP) is 3.18. The summed E-state index contributed by atoms with van der Waals surface area (Å²) < 4.78 is 2.33. The van der Waals surface area contributed by atoms with Crippen LogP contribution in [0.15, 0.2) is 21.1 Å². The molecule has 2 rings (SSSR count). The van der Waals surface area contributed by atoms with Crippen LogP contribution in [0.3, 0.4) is 0 Å². The summed E-state index contributed by atoms with van der Waals surface area (Å²) in [6, 6.07) is 4.17. The molecule has 1 aromatic carbocycles. The molecule has 1 aliphatic heterocycles. The fraction of sp³-hybridized carbons (Fsp3) is 0.250. The topological polar surface area (TPSA) is 12.0 Å². The summed E-state index contributed by atoms with van der Waals surface area (Å²) in [5.41, 5.74) is 2.65. The van der Waals surface area contributed by atoms with Gasteiger partial charge in [0.2, 0.25) is 0 Å². The molecule has 1 aliphatic rings. The van der Waals surface area contributed by atoms with Crippen LogP contribution in [0.1, 0.15) is 5.56 Å². The summed E-state index contributed by atoms with van der Waals surface area (Å²) >= 11 is 7.02. The highest BCUT2D eigenvalue weighted by molar-refractivity contribution is 9.13. The molecule has 1 aromatic rings. The zero-order valence-electron chi connectivity index (χ0n) is 5.82. The molecule has 11 heavy (non-hydrogen) atoms. The van der Waals surface area contributed by atoms with Gasteiger partial charge in [-0.1, -0.05) is 0 Å². The average molecular weight is 277 g/mol. The predicted molar refractivity (Wildman–Crippen MR) is 54.0 cm³/mol. The Hall–Kier alpha value is -0.0200. The molecule has 0 aliphatic carbocycles. The zero-order valence-corrected chi connectivity index (χ0v) is 9.00. The maximum absolute atomic E-state index is 3.54. The number of halogens is 2. The molecule has 0 aromatic heterocycles. The lowest BCUT2D eigenvalue weighted by Crippen LogP contribution is -1.90. The second kappa shape index (κ2) is 2.79. The highest BCUT2D eigenvalue weighted by Gasteiger charge is 2.14. The van der Waals surface area contributed by atoms with Crippen LogP contribution >= 0.6 is 31.9 Å². The third-order valence-corrected chi connectivity index (χ3v) is 3.99. The highest BCUT2D eigenvalue weighted by atomic mass is 79.9. The Balaban J connectivity index is 2.62. The third-order valence-electron chi connectivity index (χ3n) is 1.89. The van der Waals surface area contributed by atoms with Crippen molar-refractivity contribution < 1.29 is 0 Å². The van der Waals surface area contributed by atoms with E-state index < -0.39 is 0 Å². The molecule has 3 heteroatoms. The molecule has 0 bridgehead atoms. The lowest BCUT2D eigenvalue weighted by atomic mass is 10.2. The molecule has 0 fully saturated rings. The Labute approximate surface area is 82.4 Å². The lowest BCUT2D eigenvalue weighted by Gasteiger charge is -2.02. The molecule has 0 unspecified atom stereocenters. The first-order valence-corrected chi connectivity index (χ1v) is 5.08. The number of nitrogens with one attached hydrogen (secondary N) is 1. The van der Waals surface area contributed by atoms with E-state index in [4.69, 9.17) is 0 Å². The fourth-order valence-electron chi connectivity index (χ4n) is 1.32. The van der Waals surface area contributed by atoms with E-state index in [9.17, 15) is 0 Å². The molecule has 0 amide bonds. The van der Waals surface area contributed by atoms with Crippen molar-refractivity contribution in [1.29, 1.82) is 0 Å². The van der Waals surface area contributed by atoms with Crippen LogP contribution in [-0.2, 0) is 6.42 Å². The molecule has 0 atom stereocenters. The minimum absolute atomic E-state index is 1.06. The van der Waals surface area contributed by atoms with Crippen molar-refractivity contribution in [2.45, 2.75) is 6.42 Å². The van der Waals surface area contributed by atoms with Gasteiger partial charge in [0.1, 0.15) is 0 Å². The summed E-state index contributed by atoms with van der Waals surface area (Å²) in [7, 11) is 0. The molecule has 1 heterocycles. The number of rotatable bonds is 0. The van der Waals surface area contributed by atoms with Crippen LogP contribution in [0, 0.1) is 0 Å². The van der Waals surface area contributed by atoms with Gasteiger partial charge in [-0.15, -0.1) is 0 Å².